The van der Waals surface area contributed by atoms with Crippen LogP contribution in [-0.2, 0) is 9.16 Å². The molecule has 0 fully saturated rings. The average molecular weight is 232 g/mol. The maximum Gasteiger partial charge on any atom is 0.192 e. The van der Waals surface area contributed by atoms with Gasteiger partial charge in [-0.25, -0.2) is 0 Å². The molecular formula is C12H28O2Si. The van der Waals surface area contributed by atoms with Crippen LogP contribution in [0.15, 0.2) is 0 Å². The fraction of sp³-hybridized carbons (Fsp3) is 1.00. The van der Waals surface area contributed by atoms with Gasteiger partial charge in [0, 0.05) is 13.7 Å². The van der Waals surface area contributed by atoms with Crippen LogP contribution in [0.25, 0.3) is 0 Å². The second-order valence-electron chi connectivity index (χ2n) is 4.85. The van der Waals surface area contributed by atoms with Gasteiger partial charge in [0.2, 0.25) is 0 Å². The lowest BCUT2D eigenvalue weighted by molar-refractivity contribution is 0.0531. The third-order valence-electron chi connectivity index (χ3n) is 3.33. The minimum absolute atomic E-state index is 0.0235. The van der Waals surface area contributed by atoms with E-state index in [4.69, 9.17) is 9.16 Å². The highest BCUT2D eigenvalue weighted by Crippen LogP contribution is 2.29. The predicted octanol–water partition coefficient (Wildman–Crippen LogP) is 3.82. The van der Waals surface area contributed by atoms with Crippen molar-refractivity contribution < 1.29 is 9.16 Å². The first-order valence-electron chi connectivity index (χ1n) is 6.14. The smallest absolute Gasteiger partial charge is 0.192 e. The Morgan fingerprint density at radius 2 is 1.47 bits per heavy atom. The minimum Gasteiger partial charge on any atom is -0.412 e. The molecule has 3 heteroatoms. The van der Waals surface area contributed by atoms with Crippen LogP contribution in [0.1, 0.15) is 41.0 Å². The Balaban J connectivity index is 4.37. The molecule has 0 radical (unpaired) electrons. The highest BCUT2D eigenvalue weighted by molar-refractivity contribution is 6.73. The molecule has 0 atom stereocenters. The Morgan fingerprint density at radius 1 is 1.00 bits per heavy atom. The molecule has 0 aliphatic rings. The van der Waals surface area contributed by atoms with Gasteiger partial charge in [-0.15, -0.1) is 0 Å². The zero-order valence-corrected chi connectivity index (χ0v) is 12.4. The van der Waals surface area contributed by atoms with Crippen LogP contribution < -0.4 is 0 Å². The number of methoxy groups -OCH3 is 1. The van der Waals surface area contributed by atoms with Crippen molar-refractivity contribution >= 4 is 8.32 Å². The predicted molar refractivity (Wildman–Crippen MR) is 68.9 cm³/mol. The van der Waals surface area contributed by atoms with E-state index in [2.05, 4.69) is 34.6 Å². The molecule has 0 bridgehead atoms. The van der Waals surface area contributed by atoms with Crippen LogP contribution in [0.4, 0.5) is 0 Å². The van der Waals surface area contributed by atoms with E-state index in [1.54, 1.807) is 7.11 Å². The summed E-state index contributed by atoms with van der Waals surface area (Å²) in [5.41, 5.74) is -0.0235. The summed E-state index contributed by atoms with van der Waals surface area (Å²) in [6.07, 6.45) is 0.984. The molecule has 15 heavy (non-hydrogen) atoms. The fourth-order valence-electron chi connectivity index (χ4n) is 1.95. The van der Waals surface area contributed by atoms with Crippen molar-refractivity contribution in [1.29, 1.82) is 0 Å². The first-order valence-corrected chi connectivity index (χ1v) is 8.67. The Morgan fingerprint density at radius 3 is 1.80 bits per heavy atom. The SMILES string of the molecule is CC[Si](CC)(CC)OC(C)(C)CCOC. The maximum absolute atomic E-state index is 6.43. The number of hydrogen-bond acceptors (Lipinski definition) is 2. The largest absolute Gasteiger partial charge is 0.412 e. The molecule has 0 rings (SSSR count). The van der Waals surface area contributed by atoms with Crippen molar-refractivity contribution in [2.24, 2.45) is 0 Å². The molecule has 0 unspecified atom stereocenters. The third-order valence-corrected chi connectivity index (χ3v) is 8.19. The lowest BCUT2D eigenvalue weighted by Crippen LogP contribution is -2.44. The molecule has 0 saturated heterocycles. The quantitative estimate of drug-likeness (QED) is 0.592. The summed E-state index contributed by atoms with van der Waals surface area (Å²) in [6, 6.07) is 3.66. The molecule has 0 heterocycles. The van der Waals surface area contributed by atoms with E-state index < -0.39 is 8.32 Å². The van der Waals surface area contributed by atoms with E-state index in [0.29, 0.717) is 0 Å². The zero-order chi connectivity index (χ0) is 11.9. The normalized spacial score (nSPS) is 13.2. The molecule has 0 amide bonds. The van der Waals surface area contributed by atoms with Crippen LogP contribution >= 0.6 is 0 Å². The molecule has 0 spiro atoms. The highest BCUT2D eigenvalue weighted by Gasteiger charge is 2.35. The second-order valence-corrected chi connectivity index (χ2v) is 9.54. The summed E-state index contributed by atoms with van der Waals surface area (Å²) in [6.45, 7) is 12.0. The van der Waals surface area contributed by atoms with Gasteiger partial charge < -0.3 is 9.16 Å². The summed E-state index contributed by atoms with van der Waals surface area (Å²) in [5.74, 6) is 0. The van der Waals surface area contributed by atoms with Gasteiger partial charge >= 0.3 is 0 Å². The Kier molecular flexibility index (Phi) is 6.72. The Bertz CT molecular complexity index is 157. The van der Waals surface area contributed by atoms with Crippen LogP contribution in [0.3, 0.4) is 0 Å². The van der Waals surface area contributed by atoms with Crippen molar-refractivity contribution in [3.05, 3.63) is 0 Å². The van der Waals surface area contributed by atoms with E-state index in [9.17, 15) is 0 Å². The van der Waals surface area contributed by atoms with Gasteiger partial charge in [0.15, 0.2) is 8.32 Å². The molecule has 92 valence electrons. The molecule has 0 aromatic heterocycles. The number of rotatable bonds is 8. The van der Waals surface area contributed by atoms with E-state index in [1.165, 1.54) is 18.1 Å². The van der Waals surface area contributed by atoms with Crippen molar-refractivity contribution in [2.75, 3.05) is 13.7 Å². The van der Waals surface area contributed by atoms with Gasteiger partial charge in [0.1, 0.15) is 0 Å². The van der Waals surface area contributed by atoms with E-state index in [0.717, 1.165) is 13.0 Å². The highest BCUT2D eigenvalue weighted by atomic mass is 28.4. The standard InChI is InChI=1S/C12H28O2Si/c1-7-15(8-2,9-3)14-12(4,5)10-11-13-6/h7-11H2,1-6H3. The van der Waals surface area contributed by atoms with Crippen LogP contribution in [0.5, 0.6) is 0 Å². The van der Waals surface area contributed by atoms with Crippen molar-refractivity contribution in [3.8, 4) is 0 Å². The summed E-state index contributed by atoms with van der Waals surface area (Å²) >= 11 is 0. The molecule has 0 aromatic rings. The zero-order valence-electron chi connectivity index (χ0n) is 11.4. The number of ether oxygens (including phenoxy) is 1. The third kappa shape index (κ3) is 5.14. The number of hydrogen-bond donors (Lipinski definition) is 0. The molecular weight excluding hydrogens is 204 g/mol. The van der Waals surface area contributed by atoms with E-state index >= 15 is 0 Å². The first-order chi connectivity index (χ1) is 6.95. The topological polar surface area (TPSA) is 18.5 Å². The maximum atomic E-state index is 6.43. The van der Waals surface area contributed by atoms with Crippen molar-refractivity contribution in [2.45, 2.75) is 64.8 Å². The van der Waals surface area contributed by atoms with Gasteiger partial charge in [-0.1, -0.05) is 20.8 Å². The van der Waals surface area contributed by atoms with E-state index in [-0.39, 0.29) is 5.60 Å². The lowest BCUT2D eigenvalue weighted by Gasteiger charge is -2.38. The van der Waals surface area contributed by atoms with Crippen LogP contribution in [-0.4, -0.2) is 27.6 Å². The fourth-order valence-corrected chi connectivity index (χ4v) is 5.16. The Labute approximate surface area is 96.5 Å². The Hall–Kier alpha value is 0.137. The summed E-state index contributed by atoms with van der Waals surface area (Å²) in [5, 5.41) is 0. The molecule has 0 aliphatic heterocycles. The van der Waals surface area contributed by atoms with Gasteiger partial charge in [0.25, 0.3) is 0 Å². The van der Waals surface area contributed by atoms with Gasteiger partial charge in [-0.3, -0.25) is 0 Å². The van der Waals surface area contributed by atoms with Gasteiger partial charge in [-0.2, -0.15) is 0 Å². The van der Waals surface area contributed by atoms with Crippen LogP contribution in [0, 0.1) is 0 Å². The van der Waals surface area contributed by atoms with Gasteiger partial charge in [-0.05, 0) is 38.4 Å². The van der Waals surface area contributed by atoms with Crippen molar-refractivity contribution in [3.63, 3.8) is 0 Å². The molecule has 0 aliphatic carbocycles. The van der Waals surface area contributed by atoms with Gasteiger partial charge in [0.05, 0.1) is 5.60 Å². The summed E-state index contributed by atoms with van der Waals surface area (Å²) < 4.78 is 11.6. The van der Waals surface area contributed by atoms with E-state index in [1.807, 2.05) is 0 Å². The first kappa shape index (κ1) is 15.1. The average Bonchev–Trinajstić information content (AvgIpc) is 2.23. The molecule has 0 saturated carbocycles. The molecule has 2 nitrogen and oxygen atoms in total. The lowest BCUT2D eigenvalue weighted by atomic mass is 10.1. The minimum atomic E-state index is -1.46. The summed E-state index contributed by atoms with van der Waals surface area (Å²) in [7, 11) is 0.292. The summed E-state index contributed by atoms with van der Waals surface area (Å²) in [4.78, 5) is 0. The second kappa shape index (κ2) is 6.66. The molecule has 0 N–H and O–H groups in total. The van der Waals surface area contributed by atoms with Crippen LogP contribution in [0.2, 0.25) is 18.1 Å². The molecule has 0 aromatic carbocycles. The van der Waals surface area contributed by atoms with Crippen molar-refractivity contribution in [1.82, 2.24) is 0 Å². The monoisotopic (exact) mass is 232 g/mol.